The van der Waals surface area contributed by atoms with Gasteiger partial charge in [0.1, 0.15) is 0 Å². The molecule has 2 heteroatoms. The SMILES string of the molecule is C=C(C)C1=NC=C(c2ccc(C#N)cc2)C1. The predicted octanol–water partition coefficient (Wildman–Crippen LogP) is 3.32. The summed E-state index contributed by atoms with van der Waals surface area (Å²) in [6, 6.07) is 9.69. The Hall–Kier alpha value is -2.14. The third kappa shape index (κ3) is 1.94. The van der Waals surface area contributed by atoms with E-state index in [4.69, 9.17) is 5.26 Å². The smallest absolute Gasteiger partial charge is 0.0991 e. The van der Waals surface area contributed by atoms with Gasteiger partial charge in [0.15, 0.2) is 0 Å². The minimum atomic E-state index is 0.684. The summed E-state index contributed by atoms with van der Waals surface area (Å²) in [6.45, 7) is 5.85. The van der Waals surface area contributed by atoms with Crippen molar-refractivity contribution in [3.05, 3.63) is 53.7 Å². The van der Waals surface area contributed by atoms with Crippen molar-refractivity contribution in [1.29, 1.82) is 5.26 Å². The van der Waals surface area contributed by atoms with E-state index in [1.807, 2.05) is 37.4 Å². The van der Waals surface area contributed by atoms with Crippen molar-refractivity contribution >= 4 is 11.3 Å². The molecule has 0 spiro atoms. The van der Waals surface area contributed by atoms with Crippen LogP contribution in [-0.4, -0.2) is 5.71 Å². The number of hydrogen-bond acceptors (Lipinski definition) is 2. The van der Waals surface area contributed by atoms with Crippen molar-refractivity contribution in [3.8, 4) is 6.07 Å². The van der Waals surface area contributed by atoms with E-state index in [0.717, 1.165) is 23.3 Å². The van der Waals surface area contributed by atoms with Gasteiger partial charge in [-0.25, -0.2) is 0 Å². The zero-order valence-electron chi connectivity index (χ0n) is 9.20. The molecule has 1 aliphatic rings. The first-order chi connectivity index (χ1) is 7.70. The van der Waals surface area contributed by atoms with Crippen molar-refractivity contribution in [2.45, 2.75) is 13.3 Å². The van der Waals surface area contributed by atoms with Crippen LogP contribution in [0.3, 0.4) is 0 Å². The maximum absolute atomic E-state index is 8.71. The van der Waals surface area contributed by atoms with Gasteiger partial charge in [-0.3, -0.25) is 4.99 Å². The van der Waals surface area contributed by atoms with Crippen LogP contribution in [0.1, 0.15) is 24.5 Å². The van der Waals surface area contributed by atoms with E-state index >= 15 is 0 Å². The van der Waals surface area contributed by atoms with Crippen molar-refractivity contribution in [2.24, 2.45) is 4.99 Å². The van der Waals surface area contributed by atoms with Crippen LogP contribution in [-0.2, 0) is 0 Å². The van der Waals surface area contributed by atoms with E-state index < -0.39 is 0 Å². The van der Waals surface area contributed by atoms with E-state index in [-0.39, 0.29) is 0 Å². The molecule has 0 bridgehead atoms. The predicted molar refractivity (Wildman–Crippen MR) is 66.0 cm³/mol. The van der Waals surface area contributed by atoms with Gasteiger partial charge in [-0.2, -0.15) is 5.26 Å². The second kappa shape index (κ2) is 4.16. The van der Waals surface area contributed by atoms with Crippen LogP contribution >= 0.6 is 0 Å². The average molecular weight is 208 g/mol. The first-order valence-electron chi connectivity index (χ1n) is 5.13. The third-order valence-electron chi connectivity index (χ3n) is 2.61. The van der Waals surface area contributed by atoms with Crippen molar-refractivity contribution in [2.75, 3.05) is 0 Å². The molecule has 0 amide bonds. The summed E-state index contributed by atoms with van der Waals surface area (Å²) in [5.41, 5.74) is 5.05. The maximum Gasteiger partial charge on any atom is 0.0991 e. The Bertz CT molecular complexity index is 525. The Morgan fingerprint density at radius 3 is 2.56 bits per heavy atom. The molecule has 0 saturated heterocycles. The summed E-state index contributed by atoms with van der Waals surface area (Å²) >= 11 is 0. The Balaban J connectivity index is 2.17. The second-order valence-electron chi connectivity index (χ2n) is 3.88. The molecule has 0 unspecified atom stereocenters. The van der Waals surface area contributed by atoms with Crippen LogP contribution in [0.5, 0.6) is 0 Å². The lowest BCUT2D eigenvalue weighted by Gasteiger charge is -2.03. The van der Waals surface area contributed by atoms with Gasteiger partial charge in [0.25, 0.3) is 0 Å². The minimum absolute atomic E-state index is 0.684. The molecular formula is C14H12N2. The van der Waals surface area contributed by atoms with Crippen LogP contribution in [0.4, 0.5) is 0 Å². The standard InChI is InChI=1S/C14H12N2/c1-10(2)14-7-13(9-16-14)12-5-3-11(8-15)4-6-12/h3-6,9H,1,7H2,2H3. The first kappa shape index (κ1) is 10.4. The highest BCUT2D eigenvalue weighted by Gasteiger charge is 2.12. The quantitative estimate of drug-likeness (QED) is 0.734. The highest BCUT2D eigenvalue weighted by atomic mass is 14.7. The molecule has 2 nitrogen and oxygen atoms in total. The minimum Gasteiger partial charge on any atom is -0.260 e. The van der Waals surface area contributed by atoms with E-state index in [2.05, 4.69) is 17.6 Å². The van der Waals surface area contributed by atoms with Gasteiger partial charge < -0.3 is 0 Å². The van der Waals surface area contributed by atoms with Crippen molar-refractivity contribution in [3.63, 3.8) is 0 Å². The van der Waals surface area contributed by atoms with Gasteiger partial charge in [0.2, 0.25) is 0 Å². The Labute approximate surface area is 95.3 Å². The van der Waals surface area contributed by atoms with E-state index in [1.54, 1.807) is 0 Å². The largest absolute Gasteiger partial charge is 0.260 e. The number of nitrogens with zero attached hydrogens (tertiary/aromatic N) is 2. The summed E-state index contributed by atoms with van der Waals surface area (Å²) in [4.78, 5) is 4.33. The molecular weight excluding hydrogens is 196 g/mol. The van der Waals surface area contributed by atoms with Crippen LogP contribution in [0, 0.1) is 11.3 Å². The number of rotatable bonds is 2. The van der Waals surface area contributed by atoms with E-state index in [0.29, 0.717) is 5.56 Å². The second-order valence-corrected chi connectivity index (χ2v) is 3.88. The topological polar surface area (TPSA) is 36.1 Å². The number of hydrogen-bond donors (Lipinski definition) is 0. The fourth-order valence-electron chi connectivity index (χ4n) is 1.62. The molecule has 1 heterocycles. The van der Waals surface area contributed by atoms with Gasteiger partial charge in [0, 0.05) is 18.3 Å². The van der Waals surface area contributed by atoms with Crippen LogP contribution in [0.25, 0.3) is 5.57 Å². The first-order valence-corrected chi connectivity index (χ1v) is 5.13. The molecule has 1 aliphatic heterocycles. The van der Waals surface area contributed by atoms with Crippen molar-refractivity contribution in [1.82, 2.24) is 0 Å². The molecule has 0 radical (unpaired) electrons. The monoisotopic (exact) mass is 208 g/mol. The van der Waals surface area contributed by atoms with Crippen LogP contribution in [0.15, 0.2) is 47.6 Å². The molecule has 0 aliphatic carbocycles. The zero-order chi connectivity index (χ0) is 11.5. The lowest BCUT2D eigenvalue weighted by atomic mass is 10.00. The normalized spacial score (nSPS) is 14.0. The zero-order valence-corrected chi connectivity index (χ0v) is 9.20. The van der Waals surface area contributed by atoms with Gasteiger partial charge in [-0.05, 0) is 35.8 Å². The molecule has 16 heavy (non-hydrogen) atoms. The molecule has 0 atom stereocenters. The van der Waals surface area contributed by atoms with Crippen LogP contribution in [0.2, 0.25) is 0 Å². The Morgan fingerprint density at radius 2 is 2.06 bits per heavy atom. The molecule has 78 valence electrons. The highest BCUT2D eigenvalue weighted by Crippen LogP contribution is 2.25. The number of allylic oxidation sites excluding steroid dienone is 2. The fourth-order valence-corrected chi connectivity index (χ4v) is 1.62. The summed E-state index contributed by atoms with van der Waals surface area (Å²) in [6.07, 6.45) is 2.71. The Kier molecular flexibility index (Phi) is 2.70. The number of nitriles is 1. The summed E-state index contributed by atoms with van der Waals surface area (Å²) in [5, 5.41) is 8.71. The third-order valence-corrected chi connectivity index (χ3v) is 2.61. The summed E-state index contributed by atoms with van der Waals surface area (Å²) in [7, 11) is 0. The summed E-state index contributed by atoms with van der Waals surface area (Å²) in [5.74, 6) is 0. The molecule has 0 saturated carbocycles. The molecule has 1 aromatic carbocycles. The van der Waals surface area contributed by atoms with Crippen LogP contribution < -0.4 is 0 Å². The highest BCUT2D eigenvalue weighted by molar-refractivity contribution is 6.08. The van der Waals surface area contributed by atoms with Gasteiger partial charge in [-0.15, -0.1) is 0 Å². The molecule has 0 fully saturated rings. The van der Waals surface area contributed by atoms with E-state index in [9.17, 15) is 0 Å². The van der Waals surface area contributed by atoms with Gasteiger partial charge in [0.05, 0.1) is 11.6 Å². The molecule has 0 N–H and O–H groups in total. The lowest BCUT2D eigenvalue weighted by Crippen LogP contribution is -1.95. The average Bonchev–Trinajstić information content (AvgIpc) is 2.78. The van der Waals surface area contributed by atoms with Crippen molar-refractivity contribution < 1.29 is 0 Å². The van der Waals surface area contributed by atoms with Gasteiger partial charge in [-0.1, -0.05) is 18.7 Å². The fraction of sp³-hybridized carbons (Fsp3) is 0.143. The van der Waals surface area contributed by atoms with E-state index in [1.165, 1.54) is 5.57 Å². The Morgan fingerprint density at radius 1 is 1.38 bits per heavy atom. The summed E-state index contributed by atoms with van der Waals surface area (Å²) < 4.78 is 0. The maximum atomic E-state index is 8.71. The molecule has 2 rings (SSSR count). The lowest BCUT2D eigenvalue weighted by molar-refractivity contribution is 1.44. The number of benzene rings is 1. The number of aliphatic imine (C=N–C) groups is 1. The van der Waals surface area contributed by atoms with Gasteiger partial charge >= 0.3 is 0 Å². The molecule has 0 aromatic heterocycles. The molecule has 1 aromatic rings.